The fraction of sp³-hybridized carbons (Fsp3) is 0.0476. The van der Waals surface area contributed by atoms with Gasteiger partial charge in [0.25, 0.3) is 11.6 Å². The molecule has 32 heavy (non-hydrogen) atoms. The summed E-state index contributed by atoms with van der Waals surface area (Å²) in [5.41, 5.74) is 2.24. The molecule has 1 amide bonds. The first-order chi connectivity index (χ1) is 15.3. The zero-order valence-corrected chi connectivity index (χ0v) is 17.5. The van der Waals surface area contributed by atoms with E-state index in [0.717, 1.165) is 6.07 Å². The minimum absolute atomic E-state index is 0.0325. The molecule has 3 aromatic rings. The minimum Gasteiger partial charge on any atom is -0.493 e. The van der Waals surface area contributed by atoms with Crippen molar-refractivity contribution in [1.29, 1.82) is 0 Å². The van der Waals surface area contributed by atoms with Crippen LogP contribution in [-0.4, -0.2) is 32.6 Å². The van der Waals surface area contributed by atoms with Gasteiger partial charge < -0.3 is 8.92 Å². The van der Waals surface area contributed by atoms with Crippen LogP contribution >= 0.6 is 0 Å². The standard InChI is InChI=1S/C21H17N3O7S/c1-30-19-12-6-8-16(20(19)31-32(28,29)18-10-3-2-4-11-18)14-22-23-21(25)15-7-5-9-17(13-15)24(26)27/h2-14H,1H3,(H,23,25)/b22-14+. The Bertz CT molecular complexity index is 1280. The fourth-order valence-corrected chi connectivity index (χ4v) is 3.60. The Morgan fingerprint density at radius 1 is 1.06 bits per heavy atom. The molecular weight excluding hydrogens is 438 g/mol. The first kappa shape index (κ1) is 22.4. The number of nitro groups is 1. The van der Waals surface area contributed by atoms with E-state index in [1.165, 1.54) is 55.8 Å². The number of para-hydroxylation sites is 1. The molecule has 3 aromatic carbocycles. The number of hydrogen-bond donors (Lipinski definition) is 1. The van der Waals surface area contributed by atoms with E-state index in [9.17, 15) is 23.3 Å². The van der Waals surface area contributed by atoms with E-state index < -0.39 is 20.9 Å². The maximum atomic E-state index is 12.6. The molecule has 3 rings (SSSR count). The Morgan fingerprint density at radius 3 is 2.47 bits per heavy atom. The number of benzene rings is 3. The number of non-ortho nitro benzene ring substituents is 1. The summed E-state index contributed by atoms with van der Waals surface area (Å²) in [7, 11) is -2.81. The number of nitro benzene ring substituents is 1. The predicted octanol–water partition coefficient (Wildman–Crippen LogP) is 3.14. The molecule has 0 radical (unpaired) electrons. The number of amides is 1. The van der Waals surface area contributed by atoms with Gasteiger partial charge in [0.1, 0.15) is 4.90 Å². The van der Waals surface area contributed by atoms with Crippen LogP contribution in [-0.2, 0) is 10.1 Å². The van der Waals surface area contributed by atoms with Crippen LogP contribution in [0.15, 0.2) is 82.8 Å². The lowest BCUT2D eigenvalue weighted by molar-refractivity contribution is -0.384. The van der Waals surface area contributed by atoms with E-state index in [-0.39, 0.29) is 33.2 Å². The number of nitrogens with one attached hydrogen (secondary N) is 1. The maximum Gasteiger partial charge on any atom is 0.339 e. The lowest BCUT2D eigenvalue weighted by Gasteiger charge is -2.13. The van der Waals surface area contributed by atoms with Crippen LogP contribution in [0.4, 0.5) is 5.69 Å². The molecule has 0 heterocycles. The molecule has 0 saturated carbocycles. The summed E-state index contributed by atoms with van der Waals surface area (Å²) in [6.07, 6.45) is 1.17. The smallest absolute Gasteiger partial charge is 0.339 e. The van der Waals surface area contributed by atoms with Gasteiger partial charge in [0.05, 0.1) is 18.2 Å². The highest BCUT2D eigenvalue weighted by Gasteiger charge is 2.21. The Balaban J connectivity index is 1.84. The van der Waals surface area contributed by atoms with Gasteiger partial charge in [0.2, 0.25) is 0 Å². The molecule has 0 aromatic heterocycles. The third-order valence-electron chi connectivity index (χ3n) is 4.14. The summed E-state index contributed by atoms with van der Waals surface area (Å²) in [4.78, 5) is 22.4. The van der Waals surface area contributed by atoms with Gasteiger partial charge >= 0.3 is 10.1 Å². The van der Waals surface area contributed by atoms with E-state index in [4.69, 9.17) is 8.92 Å². The van der Waals surface area contributed by atoms with Gasteiger partial charge in [-0.3, -0.25) is 14.9 Å². The summed E-state index contributed by atoms with van der Waals surface area (Å²) in [6, 6.07) is 17.3. The van der Waals surface area contributed by atoms with Crippen LogP contribution in [0.25, 0.3) is 0 Å². The minimum atomic E-state index is -4.16. The number of carbonyl (C=O) groups excluding carboxylic acids is 1. The number of rotatable bonds is 8. The molecule has 0 bridgehead atoms. The van der Waals surface area contributed by atoms with E-state index in [1.807, 2.05) is 0 Å². The molecule has 0 fully saturated rings. The molecule has 0 saturated heterocycles. The van der Waals surface area contributed by atoms with Gasteiger partial charge in [-0.1, -0.05) is 30.3 Å². The first-order valence-corrected chi connectivity index (χ1v) is 10.5. The van der Waals surface area contributed by atoms with E-state index >= 15 is 0 Å². The predicted molar refractivity (Wildman–Crippen MR) is 115 cm³/mol. The van der Waals surface area contributed by atoms with Crippen LogP contribution in [0.1, 0.15) is 15.9 Å². The molecule has 0 atom stereocenters. The molecule has 0 unspecified atom stereocenters. The highest BCUT2D eigenvalue weighted by atomic mass is 32.2. The summed E-state index contributed by atoms with van der Waals surface area (Å²) in [5.74, 6) is -0.669. The van der Waals surface area contributed by atoms with Gasteiger partial charge in [-0.2, -0.15) is 13.5 Å². The topological polar surface area (TPSA) is 137 Å². The average Bonchev–Trinajstić information content (AvgIpc) is 2.80. The van der Waals surface area contributed by atoms with Crippen molar-refractivity contribution in [3.05, 3.63) is 94.0 Å². The molecule has 0 aliphatic rings. The van der Waals surface area contributed by atoms with Gasteiger partial charge in [0, 0.05) is 23.3 Å². The van der Waals surface area contributed by atoms with Crippen molar-refractivity contribution in [2.24, 2.45) is 5.10 Å². The third-order valence-corrected chi connectivity index (χ3v) is 5.38. The van der Waals surface area contributed by atoms with Crippen molar-refractivity contribution in [1.82, 2.24) is 5.43 Å². The average molecular weight is 455 g/mol. The highest BCUT2D eigenvalue weighted by molar-refractivity contribution is 7.87. The maximum absolute atomic E-state index is 12.6. The number of methoxy groups -OCH3 is 1. The second-order valence-corrected chi connectivity index (χ2v) is 7.78. The summed E-state index contributed by atoms with van der Waals surface area (Å²) in [6.45, 7) is 0. The van der Waals surface area contributed by atoms with Crippen molar-refractivity contribution < 1.29 is 27.1 Å². The zero-order chi connectivity index (χ0) is 23.1. The normalized spacial score (nSPS) is 11.2. The number of carbonyl (C=O) groups is 1. The third kappa shape index (κ3) is 5.26. The van der Waals surface area contributed by atoms with Gasteiger partial charge in [-0.25, -0.2) is 5.43 Å². The Hall–Kier alpha value is -4.25. The van der Waals surface area contributed by atoms with E-state index in [2.05, 4.69) is 10.5 Å². The van der Waals surface area contributed by atoms with Gasteiger partial charge in [-0.15, -0.1) is 0 Å². The van der Waals surface area contributed by atoms with Crippen LogP contribution in [0.3, 0.4) is 0 Å². The van der Waals surface area contributed by atoms with Crippen LogP contribution in [0.2, 0.25) is 0 Å². The highest BCUT2D eigenvalue weighted by Crippen LogP contribution is 2.32. The van der Waals surface area contributed by atoms with Crippen molar-refractivity contribution >= 4 is 27.9 Å². The zero-order valence-electron chi connectivity index (χ0n) is 16.7. The quantitative estimate of drug-likeness (QED) is 0.238. The molecule has 11 heteroatoms. The van der Waals surface area contributed by atoms with E-state index in [1.54, 1.807) is 24.3 Å². The second kappa shape index (κ2) is 9.71. The number of ether oxygens (including phenoxy) is 1. The van der Waals surface area contributed by atoms with Crippen LogP contribution < -0.4 is 14.3 Å². The second-order valence-electron chi connectivity index (χ2n) is 6.24. The number of hydrazone groups is 1. The van der Waals surface area contributed by atoms with Gasteiger partial charge in [0.15, 0.2) is 11.5 Å². The number of hydrogen-bond acceptors (Lipinski definition) is 8. The van der Waals surface area contributed by atoms with Crippen molar-refractivity contribution in [3.8, 4) is 11.5 Å². The molecule has 0 spiro atoms. The SMILES string of the molecule is COc1cccc(/C=N/NC(=O)c2cccc([N+](=O)[O-])c2)c1OS(=O)(=O)c1ccccc1. The Labute approximate surface area is 183 Å². The Morgan fingerprint density at radius 2 is 1.78 bits per heavy atom. The largest absolute Gasteiger partial charge is 0.493 e. The summed E-state index contributed by atoms with van der Waals surface area (Å²) in [5, 5.41) is 14.7. The summed E-state index contributed by atoms with van der Waals surface area (Å²) >= 11 is 0. The molecule has 10 nitrogen and oxygen atoms in total. The van der Waals surface area contributed by atoms with E-state index in [0.29, 0.717) is 0 Å². The van der Waals surface area contributed by atoms with Crippen molar-refractivity contribution in [2.45, 2.75) is 4.90 Å². The molecule has 164 valence electrons. The molecule has 1 N–H and O–H groups in total. The van der Waals surface area contributed by atoms with Crippen molar-refractivity contribution in [2.75, 3.05) is 7.11 Å². The fourth-order valence-electron chi connectivity index (χ4n) is 2.62. The van der Waals surface area contributed by atoms with Crippen molar-refractivity contribution in [3.63, 3.8) is 0 Å². The molecule has 0 aliphatic heterocycles. The van der Waals surface area contributed by atoms with Crippen LogP contribution in [0, 0.1) is 10.1 Å². The van der Waals surface area contributed by atoms with Gasteiger partial charge in [-0.05, 0) is 30.3 Å². The monoisotopic (exact) mass is 455 g/mol. The molecular formula is C21H17N3O7S. The first-order valence-electron chi connectivity index (χ1n) is 9.06. The Kier molecular flexibility index (Phi) is 6.80. The lowest BCUT2D eigenvalue weighted by atomic mass is 10.2. The summed E-state index contributed by atoms with van der Waals surface area (Å²) < 4.78 is 35.7. The number of nitrogens with zero attached hydrogens (tertiary/aromatic N) is 2. The lowest BCUT2D eigenvalue weighted by Crippen LogP contribution is -2.18. The molecule has 0 aliphatic carbocycles. The van der Waals surface area contributed by atoms with Crippen LogP contribution in [0.5, 0.6) is 11.5 Å².